The Morgan fingerprint density at radius 3 is 2.56 bits per heavy atom. The topological polar surface area (TPSA) is 72.6 Å². The molecule has 0 heterocycles. The maximum Gasteiger partial charge on any atom is 0.272 e. The van der Waals surface area contributed by atoms with E-state index in [2.05, 4.69) is 4.99 Å². The number of non-ortho nitro benzene ring substituents is 1. The van der Waals surface area contributed by atoms with Crippen LogP contribution in [0.1, 0.15) is 19.4 Å². The number of nitrogens with zero attached hydrogens (tertiary/aromatic N) is 2. The molecule has 1 aromatic carbocycles. The van der Waals surface area contributed by atoms with Gasteiger partial charge in [0.25, 0.3) is 5.69 Å². The van der Waals surface area contributed by atoms with Crippen LogP contribution in [0.2, 0.25) is 0 Å². The van der Waals surface area contributed by atoms with Gasteiger partial charge in [0.1, 0.15) is 5.82 Å². The van der Waals surface area contributed by atoms with E-state index in [9.17, 15) is 19.3 Å². The van der Waals surface area contributed by atoms with Crippen LogP contribution in [0.3, 0.4) is 0 Å². The lowest BCUT2D eigenvalue weighted by Gasteiger charge is -2.18. The Kier molecular flexibility index (Phi) is 3.15. The Morgan fingerprint density at radius 1 is 1.50 bits per heavy atom. The van der Waals surface area contributed by atoms with Gasteiger partial charge in [-0.1, -0.05) is 0 Å². The first-order valence-corrected chi connectivity index (χ1v) is 4.42. The normalized spacial score (nSPS) is 10.7. The monoisotopic (exact) mass is 224 g/mol. The van der Waals surface area contributed by atoms with E-state index in [1.807, 2.05) is 0 Å². The molecule has 0 aromatic heterocycles. The fourth-order valence-electron chi connectivity index (χ4n) is 1.29. The van der Waals surface area contributed by atoms with Gasteiger partial charge in [-0.2, -0.15) is 4.99 Å². The van der Waals surface area contributed by atoms with Gasteiger partial charge < -0.3 is 0 Å². The van der Waals surface area contributed by atoms with Crippen LogP contribution in [0.4, 0.5) is 10.1 Å². The van der Waals surface area contributed by atoms with E-state index in [-0.39, 0.29) is 11.3 Å². The zero-order valence-corrected chi connectivity index (χ0v) is 8.73. The third kappa shape index (κ3) is 2.29. The summed E-state index contributed by atoms with van der Waals surface area (Å²) < 4.78 is 13.5. The van der Waals surface area contributed by atoms with Crippen LogP contribution in [-0.4, -0.2) is 11.0 Å². The van der Waals surface area contributed by atoms with Crippen LogP contribution in [0.25, 0.3) is 0 Å². The van der Waals surface area contributed by atoms with Crippen molar-refractivity contribution in [3.8, 4) is 0 Å². The number of carbonyl (C=O) groups excluding carboxylic acids is 1. The quantitative estimate of drug-likeness (QED) is 0.342. The molecule has 1 aromatic rings. The van der Waals surface area contributed by atoms with E-state index in [0.717, 1.165) is 6.07 Å². The molecule has 0 saturated carbocycles. The molecule has 0 radical (unpaired) electrons. The molecule has 0 N–H and O–H groups in total. The average molecular weight is 224 g/mol. The SMILES string of the molecule is CC(C)(N=C=O)c1ccc([N+](=O)[O-])cc1F. The predicted octanol–water partition coefficient (Wildman–Crippen LogP) is 2.30. The molecule has 6 heteroatoms. The number of nitro groups is 1. The molecule has 16 heavy (non-hydrogen) atoms. The fraction of sp³-hybridized carbons (Fsp3) is 0.300. The molecule has 0 aliphatic carbocycles. The molecular weight excluding hydrogens is 215 g/mol. The number of hydrogen-bond donors (Lipinski definition) is 0. The molecule has 0 aliphatic heterocycles. The van der Waals surface area contributed by atoms with E-state index >= 15 is 0 Å². The minimum absolute atomic E-state index is 0.112. The molecule has 5 nitrogen and oxygen atoms in total. The van der Waals surface area contributed by atoms with Gasteiger partial charge in [0.05, 0.1) is 16.5 Å². The summed E-state index contributed by atoms with van der Waals surface area (Å²) in [5.74, 6) is -0.766. The predicted molar refractivity (Wildman–Crippen MR) is 54.2 cm³/mol. The fourth-order valence-corrected chi connectivity index (χ4v) is 1.29. The zero-order chi connectivity index (χ0) is 12.3. The summed E-state index contributed by atoms with van der Waals surface area (Å²) in [6, 6.07) is 3.21. The van der Waals surface area contributed by atoms with Crippen molar-refractivity contribution in [3.63, 3.8) is 0 Å². The molecule has 1 rings (SSSR count). The maximum absolute atomic E-state index is 13.5. The first kappa shape index (κ1) is 12.0. The van der Waals surface area contributed by atoms with Crippen LogP contribution in [-0.2, 0) is 10.3 Å². The summed E-state index contributed by atoms with van der Waals surface area (Å²) in [6.07, 6.45) is 1.35. The zero-order valence-electron chi connectivity index (χ0n) is 8.73. The van der Waals surface area contributed by atoms with Crippen molar-refractivity contribution in [2.24, 2.45) is 4.99 Å². The molecule has 0 atom stereocenters. The number of aliphatic imine (C=N–C) groups is 1. The van der Waals surface area contributed by atoms with Gasteiger partial charge in [-0.05, 0) is 19.9 Å². The van der Waals surface area contributed by atoms with Gasteiger partial charge in [0.15, 0.2) is 0 Å². The molecule has 0 fully saturated rings. The summed E-state index contributed by atoms with van der Waals surface area (Å²) in [6.45, 7) is 3.03. The van der Waals surface area contributed by atoms with Crippen molar-refractivity contribution in [2.75, 3.05) is 0 Å². The standard InChI is InChI=1S/C10H9FN2O3/c1-10(2,12-6-14)8-4-3-7(13(15)16)5-9(8)11/h3-5H,1-2H3. The number of nitro benzene ring substituents is 1. The average Bonchev–Trinajstić information content (AvgIpc) is 2.16. The maximum atomic E-state index is 13.5. The first-order chi connectivity index (χ1) is 7.38. The molecule has 84 valence electrons. The Balaban J connectivity index is 3.28. The summed E-state index contributed by atoms with van der Waals surface area (Å²) in [4.78, 5) is 23.3. The van der Waals surface area contributed by atoms with Gasteiger partial charge in [-0.15, -0.1) is 0 Å². The lowest BCUT2D eigenvalue weighted by Crippen LogP contribution is -2.15. The largest absolute Gasteiger partial charge is 0.272 e. The Labute approximate surface area is 90.8 Å². The van der Waals surface area contributed by atoms with Gasteiger partial charge in [-0.3, -0.25) is 10.1 Å². The van der Waals surface area contributed by atoms with Crippen molar-refractivity contribution in [3.05, 3.63) is 39.7 Å². The number of rotatable bonds is 3. The Morgan fingerprint density at radius 2 is 2.12 bits per heavy atom. The van der Waals surface area contributed by atoms with E-state index in [1.54, 1.807) is 0 Å². The number of halogens is 1. The van der Waals surface area contributed by atoms with E-state index in [1.165, 1.54) is 32.1 Å². The van der Waals surface area contributed by atoms with Crippen LogP contribution in [0.5, 0.6) is 0 Å². The molecule has 0 unspecified atom stereocenters. The summed E-state index contributed by atoms with van der Waals surface area (Å²) >= 11 is 0. The molecular formula is C10H9FN2O3. The van der Waals surface area contributed by atoms with Gasteiger partial charge >= 0.3 is 0 Å². The molecule has 0 spiro atoms. The highest BCUT2D eigenvalue weighted by atomic mass is 19.1. The van der Waals surface area contributed by atoms with Gasteiger partial charge in [0.2, 0.25) is 6.08 Å². The third-order valence-electron chi connectivity index (χ3n) is 2.15. The van der Waals surface area contributed by atoms with E-state index in [4.69, 9.17) is 0 Å². The molecule has 0 bridgehead atoms. The van der Waals surface area contributed by atoms with E-state index < -0.39 is 16.3 Å². The van der Waals surface area contributed by atoms with Crippen LogP contribution in [0, 0.1) is 15.9 Å². The van der Waals surface area contributed by atoms with Crippen molar-refractivity contribution in [2.45, 2.75) is 19.4 Å². The van der Waals surface area contributed by atoms with E-state index in [0.29, 0.717) is 0 Å². The second-order valence-electron chi connectivity index (χ2n) is 3.68. The summed E-state index contributed by atoms with van der Waals surface area (Å²) in [5, 5.41) is 10.4. The number of hydrogen-bond acceptors (Lipinski definition) is 4. The highest BCUT2D eigenvalue weighted by Crippen LogP contribution is 2.28. The van der Waals surface area contributed by atoms with Crippen LogP contribution >= 0.6 is 0 Å². The molecule has 0 saturated heterocycles. The number of isocyanates is 1. The first-order valence-electron chi connectivity index (χ1n) is 4.42. The smallest absolute Gasteiger partial charge is 0.258 e. The second-order valence-corrected chi connectivity index (χ2v) is 3.68. The highest BCUT2D eigenvalue weighted by molar-refractivity contribution is 5.41. The summed E-state index contributed by atoms with van der Waals surface area (Å²) in [7, 11) is 0. The second kappa shape index (κ2) is 4.20. The van der Waals surface area contributed by atoms with Crippen molar-refractivity contribution in [1.82, 2.24) is 0 Å². The number of benzene rings is 1. The molecule has 0 amide bonds. The third-order valence-corrected chi connectivity index (χ3v) is 2.15. The van der Waals surface area contributed by atoms with Crippen LogP contribution in [0.15, 0.2) is 23.2 Å². The minimum atomic E-state index is -1.08. The van der Waals surface area contributed by atoms with Gasteiger partial charge in [-0.25, -0.2) is 9.18 Å². The minimum Gasteiger partial charge on any atom is -0.258 e. The van der Waals surface area contributed by atoms with Crippen molar-refractivity contribution >= 4 is 11.8 Å². The van der Waals surface area contributed by atoms with Gasteiger partial charge in [0, 0.05) is 11.6 Å². The Hall–Kier alpha value is -2.07. The van der Waals surface area contributed by atoms with Crippen molar-refractivity contribution < 1.29 is 14.1 Å². The lowest BCUT2D eigenvalue weighted by molar-refractivity contribution is -0.385. The van der Waals surface area contributed by atoms with Crippen LogP contribution < -0.4 is 0 Å². The molecule has 0 aliphatic rings. The van der Waals surface area contributed by atoms with Crippen molar-refractivity contribution in [1.29, 1.82) is 0 Å². The summed E-state index contributed by atoms with van der Waals surface area (Å²) in [5.41, 5.74) is -1.31. The lowest BCUT2D eigenvalue weighted by atomic mass is 9.94. The Bertz CT molecular complexity index is 479. The highest BCUT2D eigenvalue weighted by Gasteiger charge is 2.25.